The Balaban J connectivity index is 2.16. The van der Waals surface area contributed by atoms with Gasteiger partial charge in [0.05, 0.1) is 12.2 Å². The second kappa shape index (κ2) is 5.75. The van der Waals surface area contributed by atoms with Crippen molar-refractivity contribution in [3.63, 3.8) is 0 Å². The fraction of sp³-hybridized carbons (Fsp3) is 0.214. The highest BCUT2D eigenvalue weighted by Gasteiger charge is 2.04. The molecule has 3 N–H and O–H groups in total. The highest BCUT2D eigenvalue weighted by atomic mass is 32.1. The average molecular weight is 272 g/mol. The number of nitrogens with one attached hydrogen (secondary N) is 1. The predicted molar refractivity (Wildman–Crippen MR) is 81.2 cm³/mol. The molecule has 98 valence electrons. The minimum Gasteiger partial charge on any atom is -0.389 e. The first-order valence-electron chi connectivity index (χ1n) is 5.99. The molecule has 0 saturated heterocycles. The van der Waals surface area contributed by atoms with E-state index in [-0.39, 0.29) is 0 Å². The molecule has 0 atom stereocenters. The summed E-state index contributed by atoms with van der Waals surface area (Å²) in [6, 6.07) is 7.69. The van der Waals surface area contributed by atoms with E-state index in [1.807, 2.05) is 38.1 Å². The van der Waals surface area contributed by atoms with Gasteiger partial charge in [-0.2, -0.15) is 0 Å². The van der Waals surface area contributed by atoms with Gasteiger partial charge >= 0.3 is 0 Å². The summed E-state index contributed by atoms with van der Waals surface area (Å²) < 4.78 is 0. The molecule has 0 unspecified atom stereocenters. The third kappa shape index (κ3) is 3.48. The normalized spacial score (nSPS) is 10.2. The Morgan fingerprint density at radius 3 is 2.84 bits per heavy atom. The Kier molecular flexibility index (Phi) is 4.06. The van der Waals surface area contributed by atoms with E-state index in [0.717, 1.165) is 28.3 Å². The van der Waals surface area contributed by atoms with Crippen molar-refractivity contribution in [2.24, 2.45) is 5.73 Å². The molecule has 0 radical (unpaired) electrons. The van der Waals surface area contributed by atoms with Crippen LogP contribution in [0, 0.1) is 13.8 Å². The Morgan fingerprint density at radius 2 is 2.16 bits per heavy atom. The highest BCUT2D eigenvalue weighted by molar-refractivity contribution is 7.80. The van der Waals surface area contributed by atoms with E-state index in [0.29, 0.717) is 11.5 Å². The maximum atomic E-state index is 5.65. The maximum Gasteiger partial charge on any atom is 0.127 e. The molecule has 0 aliphatic carbocycles. The van der Waals surface area contributed by atoms with Gasteiger partial charge in [-0.05, 0) is 37.6 Å². The lowest BCUT2D eigenvalue weighted by molar-refractivity contribution is 1.000. The lowest BCUT2D eigenvalue weighted by Crippen LogP contribution is -2.12. The molecule has 0 amide bonds. The van der Waals surface area contributed by atoms with Crippen LogP contribution >= 0.6 is 12.2 Å². The van der Waals surface area contributed by atoms with Crippen LogP contribution < -0.4 is 11.1 Å². The summed E-state index contributed by atoms with van der Waals surface area (Å²) >= 11 is 4.99. The summed E-state index contributed by atoms with van der Waals surface area (Å²) in [6.07, 6.45) is 1.79. The summed E-state index contributed by atoms with van der Waals surface area (Å²) in [7, 11) is 0. The van der Waals surface area contributed by atoms with Crippen LogP contribution in [-0.4, -0.2) is 15.0 Å². The minimum absolute atomic E-state index is 0.377. The van der Waals surface area contributed by atoms with Gasteiger partial charge in [0.2, 0.25) is 0 Å². The maximum absolute atomic E-state index is 5.65. The Morgan fingerprint density at radius 1 is 1.37 bits per heavy atom. The largest absolute Gasteiger partial charge is 0.389 e. The van der Waals surface area contributed by atoms with Crippen molar-refractivity contribution in [2.75, 3.05) is 5.32 Å². The molecule has 4 nitrogen and oxygen atoms in total. The van der Waals surface area contributed by atoms with Crippen molar-refractivity contribution in [1.82, 2.24) is 9.97 Å². The van der Waals surface area contributed by atoms with Crippen LogP contribution in [0.4, 0.5) is 5.82 Å². The number of hydrogen-bond acceptors (Lipinski definition) is 4. The first kappa shape index (κ1) is 13.4. The molecule has 0 bridgehead atoms. The summed E-state index contributed by atoms with van der Waals surface area (Å²) in [6.45, 7) is 4.58. The van der Waals surface area contributed by atoms with E-state index in [1.54, 1.807) is 6.20 Å². The number of aromatic nitrogens is 2. The molecular formula is C14H16N4S. The third-order valence-electron chi connectivity index (χ3n) is 2.79. The number of nitrogens with zero attached hydrogens (tertiary/aromatic N) is 2. The molecule has 0 fully saturated rings. The Hall–Kier alpha value is -2.01. The molecule has 0 aromatic carbocycles. The molecule has 0 saturated carbocycles. The number of aryl methyl sites for hydroxylation is 2. The molecular weight excluding hydrogens is 256 g/mol. The van der Waals surface area contributed by atoms with Gasteiger partial charge in [0, 0.05) is 17.5 Å². The molecule has 0 spiro atoms. The molecule has 0 aliphatic rings. The van der Waals surface area contributed by atoms with Gasteiger partial charge in [0.15, 0.2) is 0 Å². The Bertz CT molecular complexity index is 610. The van der Waals surface area contributed by atoms with Crippen LogP contribution in [0.2, 0.25) is 0 Å². The topological polar surface area (TPSA) is 63.8 Å². The lowest BCUT2D eigenvalue weighted by atomic mass is 10.2. The first-order valence-corrected chi connectivity index (χ1v) is 6.40. The molecule has 2 aromatic rings. The van der Waals surface area contributed by atoms with Crippen LogP contribution in [0.1, 0.15) is 22.5 Å². The molecule has 19 heavy (non-hydrogen) atoms. The second-order valence-corrected chi connectivity index (χ2v) is 4.81. The smallest absolute Gasteiger partial charge is 0.127 e. The van der Waals surface area contributed by atoms with Gasteiger partial charge < -0.3 is 11.1 Å². The van der Waals surface area contributed by atoms with Crippen molar-refractivity contribution < 1.29 is 0 Å². The number of rotatable bonds is 4. The number of pyridine rings is 2. The number of thiocarbonyl (C=S) groups is 1. The fourth-order valence-electron chi connectivity index (χ4n) is 1.78. The molecule has 5 heteroatoms. The number of nitrogens with two attached hydrogens (primary N) is 1. The van der Waals surface area contributed by atoms with Crippen LogP contribution in [-0.2, 0) is 6.54 Å². The minimum atomic E-state index is 0.377. The summed E-state index contributed by atoms with van der Waals surface area (Å²) in [4.78, 5) is 9.12. The van der Waals surface area contributed by atoms with Crippen LogP contribution in [0.5, 0.6) is 0 Å². The van der Waals surface area contributed by atoms with Gasteiger partial charge in [-0.3, -0.25) is 4.98 Å². The zero-order chi connectivity index (χ0) is 13.8. The second-order valence-electron chi connectivity index (χ2n) is 4.37. The van der Waals surface area contributed by atoms with Gasteiger partial charge in [0.25, 0.3) is 0 Å². The van der Waals surface area contributed by atoms with Gasteiger partial charge in [-0.25, -0.2) is 4.98 Å². The van der Waals surface area contributed by atoms with Crippen LogP contribution in [0.25, 0.3) is 0 Å². The molecule has 2 heterocycles. The van der Waals surface area contributed by atoms with Crippen molar-refractivity contribution in [1.29, 1.82) is 0 Å². The zero-order valence-corrected chi connectivity index (χ0v) is 11.8. The zero-order valence-electron chi connectivity index (χ0n) is 11.0. The standard InChI is InChI=1S/C14H16N4S/c1-9-4-3-5-16-12(9)8-17-13-7-11(14(15)19)6-10(2)18-13/h3-7H,8H2,1-2H3,(H2,15,19)(H,17,18). The van der Waals surface area contributed by atoms with Crippen molar-refractivity contribution in [3.8, 4) is 0 Å². The summed E-state index contributed by atoms with van der Waals surface area (Å²) in [5, 5.41) is 3.25. The highest BCUT2D eigenvalue weighted by Crippen LogP contribution is 2.12. The summed E-state index contributed by atoms with van der Waals surface area (Å²) in [5.41, 5.74) is 9.50. The number of anilines is 1. The SMILES string of the molecule is Cc1cc(C(N)=S)cc(NCc2ncccc2C)n1. The van der Waals surface area contributed by atoms with E-state index < -0.39 is 0 Å². The van der Waals surface area contributed by atoms with Crippen molar-refractivity contribution in [2.45, 2.75) is 20.4 Å². The van der Waals surface area contributed by atoms with Crippen LogP contribution in [0.3, 0.4) is 0 Å². The van der Waals surface area contributed by atoms with Gasteiger partial charge in [-0.15, -0.1) is 0 Å². The number of hydrogen-bond donors (Lipinski definition) is 2. The monoisotopic (exact) mass is 272 g/mol. The third-order valence-corrected chi connectivity index (χ3v) is 3.03. The fourth-order valence-corrected chi connectivity index (χ4v) is 1.90. The average Bonchev–Trinajstić information content (AvgIpc) is 2.37. The van der Waals surface area contributed by atoms with E-state index >= 15 is 0 Å². The van der Waals surface area contributed by atoms with Gasteiger partial charge in [0.1, 0.15) is 10.8 Å². The molecule has 2 rings (SSSR count). The molecule has 2 aromatic heterocycles. The van der Waals surface area contributed by atoms with Crippen molar-refractivity contribution in [3.05, 3.63) is 53.0 Å². The quantitative estimate of drug-likeness (QED) is 0.836. The van der Waals surface area contributed by atoms with Crippen LogP contribution in [0.15, 0.2) is 30.5 Å². The first-order chi connectivity index (χ1) is 9.06. The van der Waals surface area contributed by atoms with E-state index in [9.17, 15) is 0 Å². The van der Waals surface area contributed by atoms with E-state index in [2.05, 4.69) is 15.3 Å². The lowest BCUT2D eigenvalue weighted by Gasteiger charge is -2.09. The summed E-state index contributed by atoms with van der Waals surface area (Å²) in [5.74, 6) is 0.757. The van der Waals surface area contributed by atoms with Gasteiger partial charge in [-0.1, -0.05) is 18.3 Å². The van der Waals surface area contributed by atoms with E-state index in [4.69, 9.17) is 18.0 Å². The van der Waals surface area contributed by atoms with Crippen molar-refractivity contribution >= 4 is 23.0 Å². The Labute approximate surface area is 118 Å². The molecule has 0 aliphatic heterocycles. The predicted octanol–water partition coefficient (Wildman–Crippen LogP) is 2.34. The van der Waals surface area contributed by atoms with E-state index in [1.165, 1.54) is 0 Å².